The highest BCUT2D eigenvalue weighted by molar-refractivity contribution is 5.73. The van der Waals surface area contributed by atoms with Gasteiger partial charge in [0.1, 0.15) is 0 Å². The highest BCUT2D eigenvalue weighted by atomic mass is 15.0. The van der Waals surface area contributed by atoms with Crippen molar-refractivity contribution in [2.45, 2.75) is 39.7 Å². The predicted molar refractivity (Wildman–Crippen MR) is 80.0 cm³/mol. The molecule has 0 radical (unpaired) electrons. The summed E-state index contributed by atoms with van der Waals surface area (Å²) in [6.45, 7) is 7.69. The summed E-state index contributed by atoms with van der Waals surface area (Å²) in [4.78, 5) is 9.30. The van der Waals surface area contributed by atoms with Gasteiger partial charge in [0, 0.05) is 0 Å². The summed E-state index contributed by atoms with van der Waals surface area (Å²) < 4.78 is 0. The lowest BCUT2D eigenvalue weighted by Crippen LogP contribution is -2.28. The van der Waals surface area contributed by atoms with Gasteiger partial charge in [0.2, 0.25) is 0 Å². The lowest BCUT2D eigenvalue weighted by Gasteiger charge is -2.23. The molecule has 102 valence electrons. The van der Waals surface area contributed by atoms with Crippen LogP contribution in [0, 0.1) is 5.92 Å². The Hall–Kier alpha value is -1.48. The van der Waals surface area contributed by atoms with Crippen molar-refractivity contribution in [3.05, 3.63) is 36.2 Å². The molecule has 19 heavy (non-hydrogen) atoms. The molecule has 0 saturated heterocycles. The van der Waals surface area contributed by atoms with E-state index >= 15 is 0 Å². The van der Waals surface area contributed by atoms with Crippen LogP contribution in [0.3, 0.4) is 0 Å². The van der Waals surface area contributed by atoms with Crippen LogP contribution >= 0.6 is 0 Å². The Bertz CT molecular complexity index is 524. The van der Waals surface area contributed by atoms with Crippen molar-refractivity contribution in [2.24, 2.45) is 5.92 Å². The number of rotatable bonds is 6. The van der Waals surface area contributed by atoms with Crippen molar-refractivity contribution in [3.63, 3.8) is 0 Å². The van der Waals surface area contributed by atoms with Crippen LogP contribution in [0.4, 0.5) is 0 Å². The molecule has 0 aliphatic heterocycles. The number of benzene rings is 1. The Balaban J connectivity index is 2.32. The average molecular weight is 257 g/mol. The second-order valence-corrected chi connectivity index (χ2v) is 5.10. The van der Waals surface area contributed by atoms with E-state index in [1.165, 1.54) is 0 Å². The van der Waals surface area contributed by atoms with Gasteiger partial charge < -0.3 is 5.32 Å². The minimum Gasteiger partial charge on any atom is -0.308 e. The number of aromatic nitrogens is 2. The van der Waals surface area contributed by atoms with Crippen LogP contribution in [0.2, 0.25) is 0 Å². The topological polar surface area (TPSA) is 37.8 Å². The summed E-state index contributed by atoms with van der Waals surface area (Å²) in [6.07, 6.45) is 4.19. The molecule has 0 spiro atoms. The molecule has 2 rings (SSSR count). The van der Waals surface area contributed by atoms with Crippen molar-refractivity contribution < 1.29 is 0 Å². The summed E-state index contributed by atoms with van der Waals surface area (Å²) in [7, 11) is 0. The minimum atomic E-state index is 0.294. The van der Waals surface area contributed by atoms with Gasteiger partial charge in [-0.1, -0.05) is 39.3 Å². The molecule has 0 saturated carbocycles. The van der Waals surface area contributed by atoms with Crippen molar-refractivity contribution in [1.82, 2.24) is 15.3 Å². The third kappa shape index (κ3) is 3.29. The molecule has 2 unspecified atom stereocenters. The van der Waals surface area contributed by atoms with Gasteiger partial charge >= 0.3 is 0 Å². The first kappa shape index (κ1) is 13.9. The molecular formula is C16H23N3. The molecule has 1 N–H and O–H groups in total. The molecule has 0 aliphatic rings. The second-order valence-electron chi connectivity index (χ2n) is 5.10. The first-order valence-corrected chi connectivity index (χ1v) is 7.21. The molecule has 0 amide bonds. The third-order valence-electron chi connectivity index (χ3n) is 3.61. The third-order valence-corrected chi connectivity index (χ3v) is 3.61. The monoisotopic (exact) mass is 257 g/mol. The van der Waals surface area contributed by atoms with E-state index in [1.807, 2.05) is 30.5 Å². The minimum absolute atomic E-state index is 0.294. The zero-order valence-corrected chi connectivity index (χ0v) is 12.1. The first-order valence-electron chi connectivity index (χ1n) is 7.21. The van der Waals surface area contributed by atoms with Gasteiger partial charge in [0.25, 0.3) is 0 Å². The number of hydrogen-bond acceptors (Lipinski definition) is 3. The molecule has 2 aromatic rings. The van der Waals surface area contributed by atoms with Gasteiger partial charge in [-0.3, -0.25) is 4.98 Å². The molecule has 1 aromatic heterocycles. The normalized spacial score (nSPS) is 14.5. The van der Waals surface area contributed by atoms with Crippen LogP contribution in [-0.2, 0) is 0 Å². The fourth-order valence-corrected chi connectivity index (χ4v) is 2.25. The van der Waals surface area contributed by atoms with Gasteiger partial charge in [0.05, 0.1) is 29.0 Å². The largest absolute Gasteiger partial charge is 0.308 e. The zero-order chi connectivity index (χ0) is 13.7. The number of para-hydroxylation sites is 2. The van der Waals surface area contributed by atoms with E-state index in [9.17, 15) is 0 Å². The summed E-state index contributed by atoms with van der Waals surface area (Å²) in [5.74, 6) is 0.557. The van der Waals surface area contributed by atoms with Gasteiger partial charge in [0.15, 0.2) is 0 Å². The fourth-order valence-electron chi connectivity index (χ4n) is 2.25. The highest BCUT2D eigenvalue weighted by Crippen LogP contribution is 2.23. The van der Waals surface area contributed by atoms with E-state index in [2.05, 4.69) is 31.1 Å². The number of hydrogen-bond donors (Lipinski definition) is 1. The molecule has 3 nitrogen and oxygen atoms in total. The SMILES string of the molecule is CCCNC(c1cnc2ccccc2n1)C(C)CC. The summed E-state index contributed by atoms with van der Waals surface area (Å²) in [6, 6.07) is 8.34. The van der Waals surface area contributed by atoms with Gasteiger partial charge in [-0.15, -0.1) is 0 Å². The summed E-state index contributed by atoms with van der Waals surface area (Å²) in [5, 5.41) is 3.60. The Labute approximate surface area is 115 Å². The fraction of sp³-hybridized carbons (Fsp3) is 0.500. The van der Waals surface area contributed by atoms with Crippen molar-refractivity contribution >= 4 is 11.0 Å². The Morgan fingerprint density at radius 1 is 1.16 bits per heavy atom. The van der Waals surface area contributed by atoms with E-state index in [-0.39, 0.29) is 0 Å². The summed E-state index contributed by atoms with van der Waals surface area (Å²) >= 11 is 0. The van der Waals surface area contributed by atoms with Crippen LogP contribution in [0.25, 0.3) is 11.0 Å². The average Bonchev–Trinajstić information content (AvgIpc) is 2.47. The van der Waals surface area contributed by atoms with Crippen LogP contribution in [0.1, 0.15) is 45.3 Å². The lowest BCUT2D eigenvalue weighted by molar-refractivity contribution is 0.370. The molecular weight excluding hydrogens is 234 g/mol. The van der Waals surface area contributed by atoms with Crippen molar-refractivity contribution in [3.8, 4) is 0 Å². The van der Waals surface area contributed by atoms with Gasteiger partial charge in [-0.25, -0.2) is 4.98 Å². The summed E-state index contributed by atoms with van der Waals surface area (Å²) in [5.41, 5.74) is 3.00. The van der Waals surface area contributed by atoms with E-state index in [4.69, 9.17) is 4.98 Å². The quantitative estimate of drug-likeness (QED) is 0.857. The maximum Gasteiger partial charge on any atom is 0.0890 e. The van der Waals surface area contributed by atoms with Gasteiger partial charge in [-0.05, 0) is 31.0 Å². The Morgan fingerprint density at radius 3 is 2.58 bits per heavy atom. The van der Waals surface area contributed by atoms with Crippen LogP contribution in [0.15, 0.2) is 30.5 Å². The van der Waals surface area contributed by atoms with E-state index < -0.39 is 0 Å². The molecule has 1 aromatic carbocycles. The number of fused-ring (bicyclic) bond motifs is 1. The van der Waals surface area contributed by atoms with Crippen molar-refractivity contribution in [1.29, 1.82) is 0 Å². The second kappa shape index (κ2) is 6.62. The molecule has 1 heterocycles. The number of nitrogens with one attached hydrogen (secondary N) is 1. The predicted octanol–water partition coefficient (Wildman–Crippen LogP) is 3.72. The Morgan fingerprint density at radius 2 is 1.89 bits per heavy atom. The lowest BCUT2D eigenvalue weighted by atomic mass is 9.96. The molecule has 0 fully saturated rings. The van der Waals surface area contributed by atoms with E-state index in [0.717, 1.165) is 36.1 Å². The van der Waals surface area contributed by atoms with Crippen LogP contribution in [0.5, 0.6) is 0 Å². The Kier molecular flexibility index (Phi) is 4.86. The van der Waals surface area contributed by atoms with Crippen molar-refractivity contribution in [2.75, 3.05) is 6.54 Å². The van der Waals surface area contributed by atoms with Crippen LogP contribution in [-0.4, -0.2) is 16.5 Å². The van der Waals surface area contributed by atoms with E-state index in [1.54, 1.807) is 0 Å². The first-order chi connectivity index (χ1) is 9.26. The van der Waals surface area contributed by atoms with Crippen LogP contribution < -0.4 is 5.32 Å². The zero-order valence-electron chi connectivity index (χ0n) is 12.1. The van der Waals surface area contributed by atoms with Gasteiger partial charge in [-0.2, -0.15) is 0 Å². The standard InChI is InChI=1S/C16H23N3/c1-4-10-17-16(12(3)5-2)15-11-18-13-8-6-7-9-14(13)19-15/h6-9,11-12,16-17H,4-5,10H2,1-3H3. The highest BCUT2D eigenvalue weighted by Gasteiger charge is 2.19. The number of nitrogens with zero attached hydrogens (tertiary/aromatic N) is 2. The maximum absolute atomic E-state index is 4.77. The molecule has 2 atom stereocenters. The maximum atomic E-state index is 4.77. The smallest absolute Gasteiger partial charge is 0.0890 e. The molecule has 0 aliphatic carbocycles. The van der Waals surface area contributed by atoms with E-state index in [0.29, 0.717) is 12.0 Å². The molecule has 3 heteroatoms. The molecule has 0 bridgehead atoms.